The van der Waals surface area contributed by atoms with Gasteiger partial charge in [0.2, 0.25) is 11.8 Å². The molecular formula is C33H44N2O5S. The molecule has 2 aromatic carbocycles. The summed E-state index contributed by atoms with van der Waals surface area (Å²) in [5, 5.41) is 14.9. The summed E-state index contributed by atoms with van der Waals surface area (Å²) in [4.78, 5) is 38.9. The van der Waals surface area contributed by atoms with Gasteiger partial charge in [0.1, 0.15) is 6.61 Å². The van der Waals surface area contributed by atoms with Crippen LogP contribution in [0.1, 0.15) is 43.7 Å². The molecule has 0 aliphatic heterocycles. The Morgan fingerprint density at radius 1 is 0.951 bits per heavy atom. The number of amides is 2. The van der Waals surface area contributed by atoms with E-state index in [1.54, 1.807) is 30.8 Å². The van der Waals surface area contributed by atoms with Crippen LogP contribution in [0.5, 0.6) is 0 Å². The van der Waals surface area contributed by atoms with Crippen LogP contribution in [0.15, 0.2) is 86.0 Å². The summed E-state index contributed by atoms with van der Waals surface area (Å²) < 4.78 is 5.80. The highest BCUT2D eigenvalue weighted by molar-refractivity contribution is 7.98. The highest BCUT2D eigenvalue weighted by Gasteiger charge is 2.26. The van der Waals surface area contributed by atoms with Crippen LogP contribution in [0.4, 0.5) is 0 Å². The van der Waals surface area contributed by atoms with Gasteiger partial charge in [-0.25, -0.2) is 0 Å². The fourth-order valence-electron chi connectivity index (χ4n) is 4.25. The molecule has 8 heteroatoms. The summed E-state index contributed by atoms with van der Waals surface area (Å²) in [5.41, 5.74) is 2.22. The summed E-state index contributed by atoms with van der Waals surface area (Å²) in [6.07, 6.45) is 5.57. The molecule has 4 atom stereocenters. The summed E-state index contributed by atoms with van der Waals surface area (Å²) in [7, 11) is 0. The highest BCUT2D eigenvalue weighted by Crippen LogP contribution is 2.19. The van der Waals surface area contributed by atoms with Gasteiger partial charge in [0.25, 0.3) is 0 Å². The van der Waals surface area contributed by atoms with E-state index in [1.165, 1.54) is 0 Å². The second-order valence-electron chi connectivity index (χ2n) is 10.2. The standard InChI is InChI=1S/C33H44N2O5S/c1-4-6-18-29(19-26-14-9-7-10-15-26)33(39)40-22-30(24-41-23-27-16-11-8-12-17-27)35-32(38)28(13-5-2)20-31(37)34-25(3)21-36/h4-5,7-12,14-17,25,28-30,36H,1-2,6,13,18-24H2,3H3,(H,34,37)(H,35,38)/t25-,28+,29-,30-/m1/s1. The first-order valence-electron chi connectivity index (χ1n) is 14.1. The van der Waals surface area contributed by atoms with Gasteiger partial charge in [0.05, 0.1) is 24.5 Å². The molecule has 0 saturated heterocycles. The number of thioether (sulfide) groups is 1. The normalized spacial score (nSPS) is 13.7. The van der Waals surface area contributed by atoms with Crippen LogP contribution < -0.4 is 10.6 Å². The number of esters is 1. The van der Waals surface area contributed by atoms with Crippen molar-refractivity contribution >= 4 is 29.5 Å². The minimum absolute atomic E-state index is 0.0281. The van der Waals surface area contributed by atoms with Crippen molar-refractivity contribution < 1.29 is 24.2 Å². The molecule has 0 fully saturated rings. The first-order chi connectivity index (χ1) is 19.9. The van der Waals surface area contributed by atoms with Crippen LogP contribution in [0.25, 0.3) is 0 Å². The molecule has 0 unspecified atom stereocenters. The lowest BCUT2D eigenvalue weighted by molar-refractivity contribution is -0.150. The SMILES string of the molecule is C=CCC[C@H](Cc1ccccc1)C(=O)OC[C@H](CSCc1ccccc1)NC(=O)[C@@H](CC=C)CC(=O)N[C@H](C)CO. The Balaban J connectivity index is 2.08. The van der Waals surface area contributed by atoms with E-state index in [1.807, 2.05) is 60.7 Å². The van der Waals surface area contributed by atoms with Crippen molar-refractivity contribution in [3.05, 3.63) is 97.1 Å². The quantitative estimate of drug-likeness (QED) is 0.153. The number of carbonyl (C=O) groups is 3. The van der Waals surface area contributed by atoms with E-state index in [-0.39, 0.29) is 43.3 Å². The van der Waals surface area contributed by atoms with Crippen LogP contribution in [-0.4, -0.2) is 53.9 Å². The molecule has 2 amide bonds. The zero-order chi connectivity index (χ0) is 29.9. The van der Waals surface area contributed by atoms with E-state index in [4.69, 9.17) is 4.74 Å². The molecule has 3 N–H and O–H groups in total. The van der Waals surface area contributed by atoms with E-state index in [9.17, 15) is 19.5 Å². The Hall–Kier alpha value is -3.36. The molecule has 0 spiro atoms. The third-order valence-electron chi connectivity index (χ3n) is 6.52. The van der Waals surface area contributed by atoms with Gasteiger partial charge in [-0.15, -0.1) is 13.2 Å². The van der Waals surface area contributed by atoms with Gasteiger partial charge >= 0.3 is 5.97 Å². The number of aliphatic hydroxyl groups excluding tert-OH is 1. The monoisotopic (exact) mass is 580 g/mol. The average molecular weight is 581 g/mol. The number of aliphatic hydroxyl groups is 1. The van der Waals surface area contributed by atoms with Crippen molar-refractivity contribution in [2.75, 3.05) is 19.0 Å². The Morgan fingerprint density at radius 3 is 2.22 bits per heavy atom. The van der Waals surface area contributed by atoms with E-state index in [2.05, 4.69) is 23.8 Å². The van der Waals surface area contributed by atoms with Gasteiger partial charge in [0, 0.05) is 24.0 Å². The predicted molar refractivity (Wildman–Crippen MR) is 166 cm³/mol. The molecule has 0 aromatic heterocycles. The zero-order valence-corrected chi connectivity index (χ0v) is 24.8. The molecule has 2 rings (SSSR count). The lowest BCUT2D eigenvalue weighted by Crippen LogP contribution is -2.45. The van der Waals surface area contributed by atoms with Crippen molar-refractivity contribution in [3.63, 3.8) is 0 Å². The summed E-state index contributed by atoms with van der Waals surface area (Å²) in [6, 6.07) is 19.0. The van der Waals surface area contributed by atoms with Crippen LogP contribution in [0.3, 0.4) is 0 Å². The lowest BCUT2D eigenvalue weighted by Gasteiger charge is -2.23. The van der Waals surface area contributed by atoms with Gasteiger partial charge in [-0.2, -0.15) is 11.8 Å². The fraction of sp³-hybridized carbons (Fsp3) is 0.424. The maximum atomic E-state index is 13.3. The van der Waals surface area contributed by atoms with E-state index in [0.717, 1.165) is 16.9 Å². The van der Waals surface area contributed by atoms with Crippen molar-refractivity contribution in [1.82, 2.24) is 10.6 Å². The molecule has 0 saturated carbocycles. The predicted octanol–water partition coefficient (Wildman–Crippen LogP) is 4.85. The van der Waals surface area contributed by atoms with E-state index >= 15 is 0 Å². The maximum absolute atomic E-state index is 13.3. The zero-order valence-electron chi connectivity index (χ0n) is 24.0. The Morgan fingerprint density at radius 2 is 1.61 bits per heavy atom. The van der Waals surface area contributed by atoms with Gasteiger partial charge in [-0.3, -0.25) is 14.4 Å². The lowest BCUT2D eigenvalue weighted by atomic mass is 9.95. The van der Waals surface area contributed by atoms with Crippen molar-refractivity contribution in [3.8, 4) is 0 Å². The molecule has 0 radical (unpaired) electrons. The topological polar surface area (TPSA) is 105 Å². The van der Waals surface area contributed by atoms with Gasteiger partial charge in [0.15, 0.2) is 0 Å². The number of nitrogens with one attached hydrogen (secondary N) is 2. The van der Waals surface area contributed by atoms with Crippen molar-refractivity contribution in [2.45, 2.75) is 56.9 Å². The molecule has 0 aliphatic carbocycles. The van der Waals surface area contributed by atoms with Crippen LogP contribution >= 0.6 is 11.8 Å². The summed E-state index contributed by atoms with van der Waals surface area (Å²) >= 11 is 1.64. The van der Waals surface area contributed by atoms with E-state index in [0.29, 0.717) is 31.4 Å². The third-order valence-corrected chi connectivity index (χ3v) is 7.69. The third kappa shape index (κ3) is 13.7. The molecule has 222 valence electrons. The second kappa shape index (κ2) is 19.7. The summed E-state index contributed by atoms with van der Waals surface area (Å²) in [5.74, 6) is -0.606. The number of rotatable bonds is 20. The second-order valence-corrected chi connectivity index (χ2v) is 11.2. The molecule has 0 heterocycles. The molecule has 0 bridgehead atoms. The Kier molecular flexibility index (Phi) is 16.2. The van der Waals surface area contributed by atoms with Crippen molar-refractivity contribution in [2.24, 2.45) is 11.8 Å². The number of allylic oxidation sites excluding steroid dienone is 2. The Bertz CT molecular complexity index is 1080. The fourth-order valence-corrected chi connectivity index (χ4v) is 5.26. The summed E-state index contributed by atoms with van der Waals surface area (Å²) in [6.45, 7) is 9.05. The van der Waals surface area contributed by atoms with Gasteiger partial charge in [-0.1, -0.05) is 72.8 Å². The molecule has 2 aromatic rings. The maximum Gasteiger partial charge on any atom is 0.309 e. The molecule has 41 heavy (non-hydrogen) atoms. The molecule has 0 aliphatic rings. The molecule has 7 nitrogen and oxygen atoms in total. The first kappa shape index (κ1) is 33.8. The van der Waals surface area contributed by atoms with Crippen LogP contribution in [0, 0.1) is 11.8 Å². The highest BCUT2D eigenvalue weighted by atomic mass is 32.2. The minimum atomic E-state index is -0.630. The van der Waals surface area contributed by atoms with Gasteiger partial charge < -0.3 is 20.5 Å². The van der Waals surface area contributed by atoms with Crippen LogP contribution in [-0.2, 0) is 31.3 Å². The number of ether oxygens (including phenoxy) is 1. The largest absolute Gasteiger partial charge is 0.463 e. The van der Waals surface area contributed by atoms with Crippen LogP contribution in [0.2, 0.25) is 0 Å². The number of hydrogen-bond acceptors (Lipinski definition) is 6. The number of benzene rings is 2. The Labute approximate surface area is 248 Å². The number of hydrogen-bond donors (Lipinski definition) is 3. The van der Waals surface area contributed by atoms with Crippen molar-refractivity contribution in [1.29, 1.82) is 0 Å². The smallest absolute Gasteiger partial charge is 0.309 e. The number of carbonyl (C=O) groups excluding carboxylic acids is 3. The van der Waals surface area contributed by atoms with E-state index < -0.39 is 18.0 Å². The minimum Gasteiger partial charge on any atom is -0.463 e. The molecular weight excluding hydrogens is 536 g/mol. The first-order valence-corrected chi connectivity index (χ1v) is 15.3. The average Bonchev–Trinajstić information content (AvgIpc) is 2.98. The van der Waals surface area contributed by atoms with Gasteiger partial charge in [-0.05, 0) is 43.7 Å².